The fourth-order valence-electron chi connectivity index (χ4n) is 1.35. The molecule has 1 aromatic carbocycles. The summed E-state index contributed by atoms with van der Waals surface area (Å²) in [7, 11) is 1.88. The van der Waals surface area contributed by atoms with Gasteiger partial charge in [0.25, 0.3) is 0 Å². The maximum Gasteiger partial charge on any atom is 0.148 e. The van der Waals surface area contributed by atoms with Crippen molar-refractivity contribution in [1.82, 2.24) is 9.55 Å². The molecule has 2 rings (SSSR count). The van der Waals surface area contributed by atoms with E-state index < -0.39 is 5.82 Å². The van der Waals surface area contributed by atoms with Crippen LogP contribution in [0.2, 0.25) is 0 Å². The molecule has 0 amide bonds. The molecule has 1 aromatic heterocycles. The van der Waals surface area contributed by atoms with Gasteiger partial charge in [-0.2, -0.15) is 0 Å². The lowest BCUT2D eigenvalue weighted by molar-refractivity contribution is 0.634. The van der Waals surface area contributed by atoms with Crippen molar-refractivity contribution < 1.29 is 4.39 Å². The fourth-order valence-corrected chi connectivity index (χ4v) is 1.35. The molecule has 0 spiro atoms. The van der Waals surface area contributed by atoms with Crippen LogP contribution in [-0.4, -0.2) is 9.55 Å². The van der Waals surface area contributed by atoms with E-state index >= 15 is 0 Å². The molecule has 3 nitrogen and oxygen atoms in total. The smallest absolute Gasteiger partial charge is 0.148 e. The molecular weight excluding hydrogens is 169 g/mol. The van der Waals surface area contributed by atoms with Gasteiger partial charge in [0.1, 0.15) is 11.6 Å². The second-order valence-corrected chi connectivity index (χ2v) is 3.08. The monoisotopic (exact) mass is 179 g/mol. The van der Waals surface area contributed by atoms with Crippen LogP contribution in [-0.2, 0) is 7.05 Å². The summed E-state index contributed by atoms with van der Waals surface area (Å²) in [6, 6.07) is 2.96. The number of fused-ring (bicyclic) bond motifs is 1. The second kappa shape index (κ2) is 2.45. The molecule has 4 heteroatoms. The molecule has 0 atom stereocenters. The van der Waals surface area contributed by atoms with Crippen molar-refractivity contribution in [2.24, 2.45) is 7.05 Å². The number of imidazole rings is 1. The van der Waals surface area contributed by atoms with E-state index in [2.05, 4.69) is 4.98 Å². The Labute approximate surface area is 75.0 Å². The minimum Gasteiger partial charge on any atom is -0.396 e. The number of benzene rings is 1. The van der Waals surface area contributed by atoms with E-state index in [1.54, 1.807) is 6.07 Å². The number of aryl methyl sites for hydroxylation is 2. The predicted octanol–water partition coefficient (Wildman–Crippen LogP) is 1.60. The van der Waals surface area contributed by atoms with Gasteiger partial charge in [-0.05, 0) is 13.0 Å². The molecule has 1 heterocycles. The van der Waals surface area contributed by atoms with Crippen LogP contribution in [0.15, 0.2) is 12.1 Å². The first-order chi connectivity index (χ1) is 6.09. The van der Waals surface area contributed by atoms with Gasteiger partial charge in [0.05, 0.1) is 16.7 Å². The SMILES string of the molecule is Cc1nc2cc(F)c(N)cc2n1C. The first-order valence-corrected chi connectivity index (χ1v) is 3.97. The van der Waals surface area contributed by atoms with Gasteiger partial charge < -0.3 is 10.3 Å². The first kappa shape index (κ1) is 8.04. The Morgan fingerprint density at radius 2 is 2.15 bits per heavy atom. The molecule has 0 radical (unpaired) electrons. The molecule has 0 aliphatic rings. The summed E-state index contributed by atoms with van der Waals surface area (Å²) >= 11 is 0. The topological polar surface area (TPSA) is 43.8 Å². The van der Waals surface area contributed by atoms with Crippen LogP contribution in [0.25, 0.3) is 11.0 Å². The largest absolute Gasteiger partial charge is 0.396 e. The van der Waals surface area contributed by atoms with Crippen LogP contribution in [0.3, 0.4) is 0 Å². The quantitative estimate of drug-likeness (QED) is 0.624. The van der Waals surface area contributed by atoms with Crippen molar-refractivity contribution in [3.05, 3.63) is 23.8 Å². The second-order valence-electron chi connectivity index (χ2n) is 3.08. The molecule has 0 bridgehead atoms. The number of hydrogen-bond acceptors (Lipinski definition) is 2. The zero-order chi connectivity index (χ0) is 9.59. The van der Waals surface area contributed by atoms with Crippen molar-refractivity contribution in [2.75, 3.05) is 5.73 Å². The zero-order valence-corrected chi connectivity index (χ0v) is 7.50. The Balaban J connectivity index is 2.89. The number of aromatic nitrogens is 2. The van der Waals surface area contributed by atoms with Crippen molar-refractivity contribution in [2.45, 2.75) is 6.92 Å². The van der Waals surface area contributed by atoms with Gasteiger partial charge in [0, 0.05) is 13.1 Å². The Morgan fingerprint density at radius 1 is 1.46 bits per heavy atom. The normalized spacial score (nSPS) is 11.0. The molecule has 0 aliphatic heterocycles. The van der Waals surface area contributed by atoms with E-state index in [0.717, 1.165) is 11.3 Å². The van der Waals surface area contributed by atoms with Crippen molar-refractivity contribution >= 4 is 16.7 Å². The number of hydrogen-bond donors (Lipinski definition) is 1. The standard InChI is InChI=1S/C9H10FN3/c1-5-12-8-3-6(10)7(11)4-9(8)13(5)2/h3-4H,11H2,1-2H3. The molecule has 0 unspecified atom stereocenters. The van der Waals surface area contributed by atoms with E-state index in [0.29, 0.717) is 5.52 Å². The van der Waals surface area contributed by atoms with Crippen LogP contribution >= 0.6 is 0 Å². The Morgan fingerprint density at radius 3 is 2.85 bits per heavy atom. The summed E-state index contributed by atoms with van der Waals surface area (Å²) < 4.78 is 14.9. The van der Waals surface area contributed by atoms with Crippen molar-refractivity contribution in [3.8, 4) is 0 Å². The van der Waals surface area contributed by atoms with Crippen molar-refractivity contribution in [3.63, 3.8) is 0 Å². The minimum absolute atomic E-state index is 0.163. The van der Waals surface area contributed by atoms with Gasteiger partial charge in [0.15, 0.2) is 0 Å². The summed E-state index contributed by atoms with van der Waals surface area (Å²) in [6.07, 6.45) is 0. The van der Waals surface area contributed by atoms with E-state index in [4.69, 9.17) is 5.73 Å². The lowest BCUT2D eigenvalue weighted by Crippen LogP contribution is -1.93. The van der Waals surface area contributed by atoms with E-state index in [1.807, 2.05) is 18.5 Å². The third-order valence-electron chi connectivity index (χ3n) is 2.22. The summed E-state index contributed by atoms with van der Waals surface area (Å²) in [5.74, 6) is 0.436. The third-order valence-corrected chi connectivity index (χ3v) is 2.22. The zero-order valence-electron chi connectivity index (χ0n) is 7.50. The first-order valence-electron chi connectivity index (χ1n) is 3.97. The van der Waals surface area contributed by atoms with E-state index in [9.17, 15) is 4.39 Å². The van der Waals surface area contributed by atoms with E-state index in [-0.39, 0.29) is 5.69 Å². The van der Waals surface area contributed by atoms with Gasteiger partial charge in [0.2, 0.25) is 0 Å². The Hall–Kier alpha value is -1.58. The lowest BCUT2D eigenvalue weighted by atomic mass is 10.2. The van der Waals surface area contributed by atoms with Crippen molar-refractivity contribution in [1.29, 1.82) is 0 Å². The van der Waals surface area contributed by atoms with Gasteiger partial charge in [-0.3, -0.25) is 0 Å². The maximum atomic E-state index is 13.0. The van der Waals surface area contributed by atoms with Crippen LogP contribution in [0, 0.1) is 12.7 Å². The fraction of sp³-hybridized carbons (Fsp3) is 0.222. The highest BCUT2D eigenvalue weighted by atomic mass is 19.1. The summed E-state index contributed by atoms with van der Waals surface area (Å²) in [5.41, 5.74) is 7.11. The number of nitrogen functional groups attached to an aromatic ring is 1. The molecule has 2 N–H and O–H groups in total. The van der Waals surface area contributed by atoms with E-state index in [1.165, 1.54) is 6.07 Å². The molecule has 2 aromatic rings. The van der Waals surface area contributed by atoms with Gasteiger partial charge in [-0.25, -0.2) is 9.37 Å². The third kappa shape index (κ3) is 1.06. The molecule has 0 saturated heterocycles. The van der Waals surface area contributed by atoms with Crippen LogP contribution in [0.1, 0.15) is 5.82 Å². The highest BCUT2D eigenvalue weighted by Gasteiger charge is 2.07. The summed E-state index contributed by atoms with van der Waals surface area (Å²) in [6.45, 7) is 1.87. The van der Waals surface area contributed by atoms with Crippen LogP contribution < -0.4 is 5.73 Å². The molecule has 13 heavy (non-hydrogen) atoms. The molecular formula is C9H10FN3. The summed E-state index contributed by atoms with van der Waals surface area (Å²) in [5, 5.41) is 0. The van der Waals surface area contributed by atoms with Gasteiger partial charge >= 0.3 is 0 Å². The average Bonchev–Trinajstić information content (AvgIpc) is 2.32. The number of nitrogens with two attached hydrogens (primary N) is 1. The maximum absolute atomic E-state index is 13.0. The number of anilines is 1. The Bertz CT molecular complexity index is 473. The molecule has 0 fully saturated rings. The summed E-state index contributed by atoms with van der Waals surface area (Å²) in [4.78, 5) is 4.18. The highest BCUT2D eigenvalue weighted by Crippen LogP contribution is 2.20. The average molecular weight is 179 g/mol. The molecule has 0 saturated carbocycles. The lowest BCUT2D eigenvalue weighted by Gasteiger charge is -1.98. The molecule has 68 valence electrons. The molecule has 0 aliphatic carbocycles. The predicted molar refractivity (Wildman–Crippen MR) is 49.8 cm³/mol. The number of nitrogens with zero attached hydrogens (tertiary/aromatic N) is 2. The number of halogens is 1. The van der Waals surface area contributed by atoms with Crippen LogP contribution in [0.4, 0.5) is 10.1 Å². The van der Waals surface area contributed by atoms with Gasteiger partial charge in [-0.1, -0.05) is 0 Å². The Kier molecular flexibility index (Phi) is 1.52. The van der Waals surface area contributed by atoms with Crippen LogP contribution in [0.5, 0.6) is 0 Å². The van der Waals surface area contributed by atoms with Gasteiger partial charge in [-0.15, -0.1) is 0 Å². The minimum atomic E-state index is -0.411. The highest BCUT2D eigenvalue weighted by molar-refractivity contribution is 5.79. The number of rotatable bonds is 0.